The SMILES string of the molecule is CCCNc1cc(CC(C)C)nc(C(C)(C)OCC)n1. The lowest BCUT2D eigenvalue weighted by atomic mass is 10.1. The summed E-state index contributed by atoms with van der Waals surface area (Å²) in [4.78, 5) is 9.32. The molecule has 114 valence electrons. The first-order chi connectivity index (χ1) is 9.39. The molecule has 20 heavy (non-hydrogen) atoms. The van der Waals surface area contributed by atoms with Crippen LogP contribution < -0.4 is 5.32 Å². The summed E-state index contributed by atoms with van der Waals surface area (Å²) in [5.41, 5.74) is 0.626. The minimum atomic E-state index is -0.454. The van der Waals surface area contributed by atoms with Crippen LogP contribution in [0.15, 0.2) is 6.07 Å². The fraction of sp³-hybridized carbons (Fsp3) is 0.750. The second-order valence-electron chi connectivity index (χ2n) is 6.04. The van der Waals surface area contributed by atoms with Crippen LogP contribution in [0.2, 0.25) is 0 Å². The van der Waals surface area contributed by atoms with Gasteiger partial charge in [-0.3, -0.25) is 0 Å². The molecule has 1 rings (SSSR count). The van der Waals surface area contributed by atoms with Gasteiger partial charge in [-0.05, 0) is 39.5 Å². The molecule has 0 bridgehead atoms. The molecule has 0 spiro atoms. The van der Waals surface area contributed by atoms with Crippen LogP contribution in [0.25, 0.3) is 0 Å². The van der Waals surface area contributed by atoms with Gasteiger partial charge in [0.1, 0.15) is 11.4 Å². The molecule has 0 saturated carbocycles. The van der Waals surface area contributed by atoms with E-state index in [9.17, 15) is 0 Å². The van der Waals surface area contributed by atoms with E-state index < -0.39 is 5.60 Å². The number of hydrogen-bond acceptors (Lipinski definition) is 4. The van der Waals surface area contributed by atoms with Crippen molar-refractivity contribution in [3.8, 4) is 0 Å². The third-order valence-corrected chi connectivity index (χ3v) is 3.00. The van der Waals surface area contributed by atoms with Gasteiger partial charge in [0.05, 0.1) is 0 Å². The zero-order chi connectivity index (χ0) is 15.2. The first-order valence-electron chi connectivity index (χ1n) is 7.65. The van der Waals surface area contributed by atoms with Crippen LogP contribution in [0.1, 0.15) is 59.5 Å². The lowest BCUT2D eigenvalue weighted by Gasteiger charge is -2.24. The Morgan fingerprint density at radius 1 is 1.25 bits per heavy atom. The van der Waals surface area contributed by atoms with Crippen molar-refractivity contribution in [2.24, 2.45) is 5.92 Å². The quantitative estimate of drug-likeness (QED) is 0.787. The van der Waals surface area contributed by atoms with E-state index in [1.165, 1.54) is 0 Å². The van der Waals surface area contributed by atoms with E-state index in [0.717, 1.165) is 36.7 Å². The van der Waals surface area contributed by atoms with Crippen molar-refractivity contribution in [2.75, 3.05) is 18.5 Å². The average molecular weight is 279 g/mol. The van der Waals surface area contributed by atoms with Crippen LogP contribution in [0.5, 0.6) is 0 Å². The summed E-state index contributed by atoms with van der Waals surface area (Å²) >= 11 is 0. The molecular weight excluding hydrogens is 250 g/mol. The van der Waals surface area contributed by atoms with Gasteiger partial charge in [0.25, 0.3) is 0 Å². The molecule has 1 aromatic rings. The first kappa shape index (κ1) is 16.9. The largest absolute Gasteiger partial charge is 0.370 e. The zero-order valence-electron chi connectivity index (χ0n) is 13.8. The maximum atomic E-state index is 5.78. The Bertz CT molecular complexity index is 416. The third kappa shape index (κ3) is 5.08. The molecule has 0 aliphatic carbocycles. The van der Waals surface area contributed by atoms with Crippen molar-refractivity contribution in [1.29, 1.82) is 0 Å². The Kier molecular flexibility index (Phi) is 6.40. The predicted molar refractivity (Wildman–Crippen MR) is 84.0 cm³/mol. The van der Waals surface area contributed by atoms with E-state index in [0.29, 0.717) is 12.5 Å². The average Bonchev–Trinajstić information content (AvgIpc) is 2.35. The Morgan fingerprint density at radius 3 is 2.50 bits per heavy atom. The highest BCUT2D eigenvalue weighted by atomic mass is 16.5. The molecule has 4 heteroatoms. The van der Waals surface area contributed by atoms with Gasteiger partial charge < -0.3 is 10.1 Å². The highest BCUT2D eigenvalue weighted by Gasteiger charge is 2.25. The fourth-order valence-electron chi connectivity index (χ4n) is 2.06. The number of ether oxygens (including phenoxy) is 1. The van der Waals surface area contributed by atoms with E-state index >= 15 is 0 Å². The second kappa shape index (κ2) is 7.58. The Morgan fingerprint density at radius 2 is 1.95 bits per heavy atom. The van der Waals surface area contributed by atoms with Gasteiger partial charge in [-0.1, -0.05) is 20.8 Å². The van der Waals surface area contributed by atoms with Crippen molar-refractivity contribution >= 4 is 5.82 Å². The number of anilines is 1. The van der Waals surface area contributed by atoms with Gasteiger partial charge in [-0.15, -0.1) is 0 Å². The van der Waals surface area contributed by atoms with Gasteiger partial charge in [-0.25, -0.2) is 9.97 Å². The first-order valence-corrected chi connectivity index (χ1v) is 7.65. The van der Waals surface area contributed by atoms with Gasteiger partial charge in [-0.2, -0.15) is 0 Å². The summed E-state index contributed by atoms with van der Waals surface area (Å²) in [6.07, 6.45) is 2.03. The van der Waals surface area contributed by atoms with Crippen molar-refractivity contribution in [3.05, 3.63) is 17.6 Å². The van der Waals surface area contributed by atoms with Crippen molar-refractivity contribution in [1.82, 2.24) is 9.97 Å². The molecule has 1 heterocycles. The van der Waals surface area contributed by atoms with Crippen LogP contribution in [0, 0.1) is 5.92 Å². The number of nitrogens with one attached hydrogen (secondary N) is 1. The Hall–Kier alpha value is -1.16. The minimum Gasteiger partial charge on any atom is -0.370 e. The molecule has 0 amide bonds. The molecule has 0 aliphatic heterocycles. The molecule has 0 radical (unpaired) electrons. The highest BCUT2D eigenvalue weighted by Crippen LogP contribution is 2.23. The van der Waals surface area contributed by atoms with Gasteiger partial charge in [0.2, 0.25) is 0 Å². The number of hydrogen-bond donors (Lipinski definition) is 1. The molecule has 1 N–H and O–H groups in total. The molecular formula is C16H29N3O. The second-order valence-corrected chi connectivity index (χ2v) is 6.04. The maximum Gasteiger partial charge on any atom is 0.162 e. The van der Waals surface area contributed by atoms with Crippen molar-refractivity contribution in [2.45, 2.75) is 60.0 Å². The van der Waals surface area contributed by atoms with Crippen LogP contribution in [-0.2, 0) is 16.8 Å². The summed E-state index contributed by atoms with van der Waals surface area (Å²) in [5.74, 6) is 2.24. The Balaban J connectivity index is 3.08. The molecule has 1 aromatic heterocycles. The topological polar surface area (TPSA) is 47.0 Å². The molecule has 4 nitrogen and oxygen atoms in total. The molecule has 0 unspecified atom stereocenters. The van der Waals surface area contributed by atoms with Gasteiger partial charge in [0, 0.05) is 24.9 Å². The standard InChI is InChI=1S/C16H29N3O/c1-7-9-17-14-11-13(10-12(3)4)18-15(19-14)16(5,6)20-8-2/h11-12H,7-10H2,1-6H3,(H,17,18,19). The van der Waals surface area contributed by atoms with Crippen molar-refractivity contribution in [3.63, 3.8) is 0 Å². The summed E-state index contributed by atoms with van der Waals surface area (Å²) in [6.45, 7) is 14.2. The van der Waals surface area contributed by atoms with E-state index in [1.807, 2.05) is 20.8 Å². The molecule has 0 atom stereocenters. The summed E-state index contributed by atoms with van der Waals surface area (Å²) in [5, 5.41) is 3.36. The van der Waals surface area contributed by atoms with Crippen molar-refractivity contribution < 1.29 is 4.74 Å². The molecule has 0 aliphatic rings. The fourth-order valence-corrected chi connectivity index (χ4v) is 2.06. The van der Waals surface area contributed by atoms with E-state index in [4.69, 9.17) is 9.72 Å². The molecule has 0 saturated heterocycles. The summed E-state index contributed by atoms with van der Waals surface area (Å²) in [6, 6.07) is 2.06. The normalized spacial score (nSPS) is 11.9. The molecule has 0 aromatic carbocycles. The number of nitrogens with zero attached hydrogens (tertiary/aromatic N) is 2. The molecule has 0 fully saturated rings. The van der Waals surface area contributed by atoms with E-state index in [-0.39, 0.29) is 0 Å². The van der Waals surface area contributed by atoms with E-state index in [2.05, 4.69) is 37.1 Å². The van der Waals surface area contributed by atoms with Crippen LogP contribution in [0.3, 0.4) is 0 Å². The number of aromatic nitrogens is 2. The van der Waals surface area contributed by atoms with Gasteiger partial charge >= 0.3 is 0 Å². The summed E-state index contributed by atoms with van der Waals surface area (Å²) in [7, 11) is 0. The maximum absolute atomic E-state index is 5.78. The monoisotopic (exact) mass is 279 g/mol. The van der Waals surface area contributed by atoms with E-state index in [1.54, 1.807) is 0 Å². The zero-order valence-corrected chi connectivity index (χ0v) is 13.8. The predicted octanol–water partition coefficient (Wildman–Crippen LogP) is 3.77. The smallest absolute Gasteiger partial charge is 0.162 e. The number of rotatable bonds is 8. The third-order valence-electron chi connectivity index (χ3n) is 3.00. The summed E-state index contributed by atoms with van der Waals surface area (Å²) < 4.78 is 5.78. The lowest BCUT2D eigenvalue weighted by Crippen LogP contribution is -2.26. The minimum absolute atomic E-state index is 0.454. The Labute approximate surface area is 123 Å². The van der Waals surface area contributed by atoms with Crippen LogP contribution in [0.4, 0.5) is 5.82 Å². The van der Waals surface area contributed by atoms with Crippen LogP contribution >= 0.6 is 0 Å². The lowest BCUT2D eigenvalue weighted by molar-refractivity contribution is -0.0208. The highest BCUT2D eigenvalue weighted by molar-refractivity contribution is 5.37. The van der Waals surface area contributed by atoms with Crippen LogP contribution in [-0.4, -0.2) is 23.1 Å². The van der Waals surface area contributed by atoms with Gasteiger partial charge in [0.15, 0.2) is 5.82 Å².